The lowest BCUT2D eigenvalue weighted by molar-refractivity contribution is -0.137. The average Bonchev–Trinajstić information content (AvgIpc) is 2.91. The van der Waals surface area contributed by atoms with Crippen molar-refractivity contribution in [1.82, 2.24) is 9.78 Å². The second-order valence-electron chi connectivity index (χ2n) is 5.13. The highest BCUT2D eigenvalue weighted by atomic mass is 16.4. The fourth-order valence-corrected chi connectivity index (χ4v) is 1.97. The Hall–Kier alpha value is -2.96. The van der Waals surface area contributed by atoms with Crippen LogP contribution in [0.5, 0.6) is 0 Å². The van der Waals surface area contributed by atoms with Crippen molar-refractivity contribution in [1.29, 1.82) is 0 Å². The van der Waals surface area contributed by atoms with E-state index in [9.17, 15) is 14.4 Å². The van der Waals surface area contributed by atoms with Crippen LogP contribution in [0.2, 0.25) is 0 Å². The molecule has 0 spiro atoms. The number of aryl methyl sites for hydroxylation is 1. The molecule has 0 unspecified atom stereocenters. The van der Waals surface area contributed by atoms with Gasteiger partial charge in [0.2, 0.25) is 5.91 Å². The Morgan fingerprint density at radius 2 is 1.83 bits per heavy atom. The molecule has 7 nitrogen and oxygen atoms in total. The largest absolute Gasteiger partial charge is 0.480 e. The van der Waals surface area contributed by atoms with Gasteiger partial charge in [0.05, 0.1) is 0 Å². The Morgan fingerprint density at radius 3 is 2.48 bits per heavy atom. The first-order valence-corrected chi connectivity index (χ1v) is 7.09. The van der Waals surface area contributed by atoms with Gasteiger partial charge >= 0.3 is 5.97 Å². The summed E-state index contributed by atoms with van der Waals surface area (Å²) >= 11 is 0. The van der Waals surface area contributed by atoms with Crippen LogP contribution in [0.1, 0.15) is 28.8 Å². The van der Waals surface area contributed by atoms with Gasteiger partial charge < -0.3 is 10.4 Å². The monoisotopic (exact) mass is 315 g/mol. The first-order chi connectivity index (χ1) is 10.9. The predicted molar refractivity (Wildman–Crippen MR) is 83.2 cm³/mol. The number of carbonyl (C=O) groups is 3. The maximum absolute atomic E-state index is 12.0. The van der Waals surface area contributed by atoms with Crippen molar-refractivity contribution in [3.05, 3.63) is 47.7 Å². The summed E-state index contributed by atoms with van der Waals surface area (Å²) < 4.78 is 1.20. The van der Waals surface area contributed by atoms with Crippen LogP contribution < -0.4 is 5.32 Å². The van der Waals surface area contributed by atoms with Crippen LogP contribution in [-0.2, 0) is 16.1 Å². The number of amides is 1. The van der Waals surface area contributed by atoms with E-state index in [2.05, 4.69) is 10.4 Å². The highest BCUT2D eigenvalue weighted by Crippen LogP contribution is 2.09. The van der Waals surface area contributed by atoms with Crippen molar-refractivity contribution in [3.63, 3.8) is 0 Å². The summed E-state index contributed by atoms with van der Waals surface area (Å²) in [7, 11) is 0. The number of carboxylic acids is 1. The highest BCUT2D eigenvalue weighted by Gasteiger charge is 2.11. The fourth-order valence-electron chi connectivity index (χ4n) is 1.97. The van der Waals surface area contributed by atoms with Gasteiger partial charge in [0.15, 0.2) is 11.6 Å². The maximum atomic E-state index is 12.0. The molecule has 0 saturated heterocycles. The number of benzene rings is 1. The van der Waals surface area contributed by atoms with Gasteiger partial charge in [0.25, 0.3) is 0 Å². The Kier molecular flexibility index (Phi) is 5.24. The Bertz CT molecular complexity index is 719. The van der Waals surface area contributed by atoms with Crippen LogP contribution in [-0.4, -0.2) is 32.5 Å². The number of nitrogens with one attached hydrogen (secondary N) is 1. The minimum atomic E-state index is -1.02. The van der Waals surface area contributed by atoms with Crippen molar-refractivity contribution in [3.8, 4) is 0 Å². The Morgan fingerprint density at radius 1 is 1.13 bits per heavy atom. The van der Waals surface area contributed by atoms with E-state index in [1.54, 1.807) is 12.1 Å². The number of carbonyl (C=O) groups excluding carboxylic acids is 2. The van der Waals surface area contributed by atoms with Crippen LogP contribution in [0.4, 0.5) is 5.82 Å². The Labute approximate surface area is 132 Å². The van der Waals surface area contributed by atoms with Crippen molar-refractivity contribution in [2.75, 3.05) is 5.32 Å². The number of aliphatic carboxylic acids is 1. The summed E-state index contributed by atoms with van der Waals surface area (Å²) in [6.45, 7) is 1.66. The number of anilines is 1. The first-order valence-electron chi connectivity index (χ1n) is 7.09. The SMILES string of the molecule is Cc1ccc(C(=O)CCC(=O)Nc2ccn(CC(=O)O)n2)cc1. The molecule has 120 valence electrons. The third-order valence-electron chi connectivity index (χ3n) is 3.16. The summed E-state index contributed by atoms with van der Waals surface area (Å²) in [5.41, 5.74) is 1.64. The summed E-state index contributed by atoms with van der Waals surface area (Å²) in [5.74, 6) is -1.20. The van der Waals surface area contributed by atoms with Crippen LogP contribution >= 0.6 is 0 Å². The summed E-state index contributed by atoms with van der Waals surface area (Å²) in [6.07, 6.45) is 1.60. The second kappa shape index (κ2) is 7.35. The van der Waals surface area contributed by atoms with Crippen LogP contribution in [0.15, 0.2) is 36.5 Å². The average molecular weight is 315 g/mol. The van der Waals surface area contributed by atoms with Crippen LogP contribution in [0.3, 0.4) is 0 Å². The lowest BCUT2D eigenvalue weighted by Gasteiger charge is -2.03. The van der Waals surface area contributed by atoms with E-state index in [1.807, 2.05) is 19.1 Å². The molecule has 1 amide bonds. The van der Waals surface area contributed by atoms with E-state index in [0.29, 0.717) is 5.56 Å². The minimum absolute atomic E-state index is 0.0402. The zero-order valence-corrected chi connectivity index (χ0v) is 12.7. The van der Waals surface area contributed by atoms with Gasteiger partial charge in [-0.25, -0.2) is 0 Å². The molecule has 0 radical (unpaired) electrons. The minimum Gasteiger partial charge on any atom is -0.480 e. The molecule has 0 atom stereocenters. The van der Waals surface area contributed by atoms with E-state index in [1.165, 1.54) is 16.9 Å². The first kappa shape index (κ1) is 16.4. The molecule has 2 N–H and O–H groups in total. The Balaban J connectivity index is 1.82. The van der Waals surface area contributed by atoms with Gasteiger partial charge in [0, 0.05) is 30.7 Å². The van der Waals surface area contributed by atoms with E-state index in [0.717, 1.165) is 5.56 Å². The smallest absolute Gasteiger partial charge is 0.325 e. The third kappa shape index (κ3) is 5.06. The molecule has 0 aliphatic carbocycles. The van der Waals surface area contributed by atoms with Gasteiger partial charge in [-0.05, 0) is 6.92 Å². The van der Waals surface area contributed by atoms with Crippen molar-refractivity contribution >= 4 is 23.5 Å². The highest BCUT2D eigenvalue weighted by molar-refractivity contribution is 5.99. The fraction of sp³-hybridized carbons (Fsp3) is 0.250. The normalized spacial score (nSPS) is 10.3. The molecule has 0 aliphatic heterocycles. The number of carboxylic acid groups (broad SMARTS) is 1. The van der Waals surface area contributed by atoms with E-state index in [4.69, 9.17) is 5.11 Å². The topological polar surface area (TPSA) is 101 Å². The predicted octanol–water partition coefficient (Wildman–Crippen LogP) is 1.88. The molecule has 7 heteroatoms. The summed E-state index contributed by atoms with van der Waals surface area (Å²) in [4.78, 5) is 34.3. The van der Waals surface area contributed by atoms with Gasteiger partial charge in [-0.1, -0.05) is 29.8 Å². The molecule has 2 rings (SSSR count). The second-order valence-corrected chi connectivity index (χ2v) is 5.13. The summed E-state index contributed by atoms with van der Waals surface area (Å²) in [5, 5.41) is 15.1. The number of ketones is 1. The van der Waals surface area contributed by atoms with Crippen molar-refractivity contribution in [2.45, 2.75) is 26.3 Å². The number of aromatic nitrogens is 2. The molecule has 0 saturated carbocycles. The van der Waals surface area contributed by atoms with Crippen LogP contribution in [0, 0.1) is 6.92 Å². The maximum Gasteiger partial charge on any atom is 0.325 e. The van der Waals surface area contributed by atoms with E-state index >= 15 is 0 Å². The molecule has 0 aliphatic rings. The molecular weight excluding hydrogens is 298 g/mol. The molecule has 0 fully saturated rings. The standard InChI is InChI=1S/C16H17N3O4/c1-11-2-4-12(5-3-11)13(20)6-7-15(21)17-14-8-9-19(18-14)10-16(22)23/h2-5,8-9H,6-7,10H2,1H3,(H,22,23)(H,17,18,21). The van der Waals surface area contributed by atoms with Crippen molar-refractivity contribution in [2.24, 2.45) is 0 Å². The zero-order valence-electron chi connectivity index (χ0n) is 12.7. The van der Waals surface area contributed by atoms with E-state index < -0.39 is 5.97 Å². The lowest BCUT2D eigenvalue weighted by atomic mass is 10.1. The molecule has 1 heterocycles. The molecule has 2 aromatic rings. The molecular formula is C16H17N3O4. The van der Waals surface area contributed by atoms with Crippen LogP contribution in [0.25, 0.3) is 0 Å². The molecule has 1 aromatic carbocycles. The van der Waals surface area contributed by atoms with Gasteiger partial charge in [0.1, 0.15) is 6.54 Å². The van der Waals surface area contributed by atoms with Gasteiger partial charge in [-0.15, -0.1) is 0 Å². The third-order valence-corrected chi connectivity index (χ3v) is 3.16. The number of rotatable bonds is 7. The number of Topliss-reactive ketones (excluding diaryl/α,β-unsaturated/α-hetero) is 1. The number of hydrogen-bond acceptors (Lipinski definition) is 4. The van der Waals surface area contributed by atoms with Gasteiger partial charge in [-0.3, -0.25) is 19.1 Å². The molecule has 23 heavy (non-hydrogen) atoms. The quantitative estimate of drug-likeness (QED) is 0.760. The number of nitrogens with zero attached hydrogens (tertiary/aromatic N) is 2. The van der Waals surface area contributed by atoms with Gasteiger partial charge in [-0.2, -0.15) is 5.10 Å². The van der Waals surface area contributed by atoms with Crippen molar-refractivity contribution < 1.29 is 19.5 Å². The number of hydrogen-bond donors (Lipinski definition) is 2. The van der Waals surface area contributed by atoms with E-state index in [-0.39, 0.29) is 36.9 Å². The summed E-state index contributed by atoms with van der Waals surface area (Å²) in [6, 6.07) is 8.68. The molecule has 0 bridgehead atoms. The molecule has 1 aromatic heterocycles. The zero-order chi connectivity index (χ0) is 16.8. The lowest BCUT2D eigenvalue weighted by Crippen LogP contribution is -2.15.